The largest absolute Gasteiger partial charge is 0.572 e. The summed E-state index contributed by atoms with van der Waals surface area (Å²) in [5.74, 6) is 0.453. The summed E-state index contributed by atoms with van der Waals surface area (Å²) in [6.07, 6.45) is 3.92. The van der Waals surface area contributed by atoms with Crippen LogP contribution in [-0.4, -0.2) is 35.9 Å². The number of carbonyl (C=O) groups is 2. The number of anilines is 2. The molecule has 2 N–H and O–H groups in total. The summed E-state index contributed by atoms with van der Waals surface area (Å²) < 4.78 is 39.8. The number of ether oxygens (including phenoxy) is 1. The summed E-state index contributed by atoms with van der Waals surface area (Å²) in [6.45, 7) is 5.25. The van der Waals surface area contributed by atoms with Gasteiger partial charge in [0, 0.05) is 6.20 Å². The first-order chi connectivity index (χ1) is 14.7. The Kier molecular flexibility index (Phi) is 6.67. The normalized spacial score (nSPS) is 17.7. The Morgan fingerprint density at radius 2 is 2.23 bits per heavy atom. The molecule has 1 aromatic heterocycles. The Labute approximate surface area is 177 Å². The first-order valence-corrected chi connectivity index (χ1v) is 9.83. The van der Waals surface area contributed by atoms with Crippen LogP contribution in [0.15, 0.2) is 48.9 Å². The lowest BCUT2D eigenvalue weighted by Gasteiger charge is -2.30. The van der Waals surface area contributed by atoms with Gasteiger partial charge in [0.05, 0.1) is 18.0 Å². The van der Waals surface area contributed by atoms with Crippen LogP contribution in [-0.2, 0) is 9.53 Å². The maximum absolute atomic E-state index is 12.9. The molecular formula is C21H23F3N4O3. The van der Waals surface area contributed by atoms with Crippen LogP contribution >= 0.6 is 0 Å². The van der Waals surface area contributed by atoms with E-state index in [4.69, 9.17) is 0 Å². The van der Waals surface area contributed by atoms with Crippen molar-refractivity contribution in [1.82, 2.24) is 10.3 Å². The van der Waals surface area contributed by atoms with Crippen LogP contribution in [0.2, 0.25) is 0 Å². The highest BCUT2D eigenvalue weighted by molar-refractivity contribution is 6.08. The number of hydrogen-bond donors (Lipinski definition) is 2. The molecule has 3 rings (SSSR count). The predicted octanol–water partition coefficient (Wildman–Crippen LogP) is 4.37. The predicted molar refractivity (Wildman–Crippen MR) is 109 cm³/mol. The van der Waals surface area contributed by atoms with Crippen LogP contribution in [0.3, 0.4) is 0 Å². The maximum atomic E-state index is 12.9. The molecular weight excluding hydrogens is 413 g/mol. The number of fused-ring (bicyclic) bond motifs is 1. The molecule has 3 amide bonds. The molecule has 1 saturated carbocycles. The number of aromatic nitrogens is 1. The van der Waals surface area contributed by atoms with Gasteiger partial charge >= 0.3 is 12.4 Å². The molecule has 1 unspecified atom stereocenters. The van der Waals surface area contributed by atoms with Gasteiger partial charge in [0.1, 0.15) is 6.54 Å². The number of hydrogen-bond acceptors (Lipinski definition) is 4. The summed E-state index contributed by atoms with van der Waals surface area (Å²) in [4.78, 5) is 30.7. The van der Waals surface area contributed by atoms with E-state index in [2.05, 4.69) is 26.9 Å². The molecule has 31 heavy (non-hydrogen) atoms. The minimum absolute atomic E-state index is 0.197. The smallest absolute Gasteiger partial charge is 0.414 e. The van der Waals surface area contributed by atoms with Gasteiger partial charge in [0.2, 0.25) is 5.91 Å². The van der Waals surface area contributed by atoms with Crippen LogP contribution in [0, 0.1) is 0 Å². The Morgan fingerprint density at radius 3 is 2.84 bits per heavy atom. The highest BCUT2D eigenvalue weighted by atomic mass is 19.4. The van der Waals surface area contributed by atoms with Gasteiger partial charge < -0.3 is 15.4 Å². The van der Waals surface area contributed by atoms with E-state index in [1.807, 2.05) is 6.07 Å². The van der Waals surface area contributed by atoms with Crippen molar-refractivity contribution in [3.05, 3.63) is 54.5 Å². The third-order valence-corrected chi connectivity index (χ3v) is 4.93. The fraction of sp³-hybridized carbons (Fsp3) is 0.381. The lowest BCUT2D eigenvalue weighted by atomic mass is 10.0. The molecule has 2 aliphatic rings. The highest BCUT2D eigenvalue weighted by Crippen LogP contribution is 2.42. The van der Waals surface area contributed by atoms with Crippen LogP contribution in [0.5, 0.6) is 0 Å². The number of allylic oxidation sites excluding steroid dienone is 2. The Hall–Kier alpha value is -3.30. The number of pyridine rings is 1. The van der Waals surface area contributed by atoms with E-state index in [1.165, 1.54) is 17.1 Å². The third-order valence-electron chi connectivity index (χ3n) is 4.93. The zero-order valence-corrected chi connectivity index (χ0v) is 16.9. The van der Waals surface area contributed by atoms with Gasteiger partial charge in [-0.15, -0.1) is 13.2 Å². The van der Waals surface area contributed by atoms with Crippen molar-refractivity contribution < 1.29 is 27.5 Å². The average Bonchev–Trinajstić information content (AvgIpc) is 3.56. The summed E-state index contributed by atoms with van der Waals surface area (Å²) in [5.41, 5.74) is 1.99. The number of halogens is 3. The number of rotatable bonds is 7. The summed E-state index contributed by atoms with van der Waals surface area (Å²) in [6, 6.07) is 0.757. The van der Waals surface area contributed by atoms with E-state index >= 15 is 0 Å². The molecule has 1 fully saturated rings. The van der Waals surface area contributed by atoms with E-state index in [1.54, 1.807) is 13.1 Å². The quantitative estimate of drug-likeness (QED) is 0.491. The van der Waals surface area contributed by atoms with Crippen LogP contribution in [0.4, 0.5) is 29.5 Å². The van der Waals surface area contributed by atoms with Gasteiger partial charge in [-0.05, 0) is 48.5 Å². The SMILES string of the molecule is C=C/C(=C\C=C\OC(F)(F)F)C(CC)NC(=O)N1CC(=O)Nc2cc(C3CC3)cnc21. The summed E-state index contributed by atoms with van der Waals surface area (Å²) in [7, 11) is 0. The minimum Gasteiger partial charge on any atom is -0.414 e. The number of alkyl halides is 3. The van der Waals surface area contributed by atoms with E-state index in [-0.39, 0.29) is 12.5 Å². The maximum Gasteiger partial charge on any atom is 0.572 e. The number of nitrogens with zero attached hydrogens (tertiary/aromatic N) is 2. The Balaban J connectivity index is 1.74. The second-order valence-corrected chi connectivity index (χ2v) is 7.22. The van der Waals surface area contributed by atoms with Crippen molar-refractivity contribution in [2.45, 2.75) is 44.5 Å². The van der Waals surface area contributed by atoms with E-state index in [9.17, 15) is 22.8 Å². The monoisotopic (exact) mass is 436 g/mol. The molecule has 166 valence electrons. The van der Waals surface area contributed by atoms with E-state index in [0.29, 0.717) is 35.7 Å². The number of carbonyl (C=O) groups excluding carboxylic acids is 2. The zero-order valence-electron chi connectivity index (χ0n) is 16.9. The van der Waals surface area contributed by atoms with Crippen LogP contribution in [0.25, 0.3) is 0 Å². The molecule has 0 spiro atoms. The Bertz CT molecular complexity index is 923. The number of urea groups is 1. The standard InChI is InChI=1S/C21H23F3N4O3/c1-3-13(6-5-9-31-21(22,23)24)16(4-2)27-20(30)28-12-18(29)26-17-10-15(14-7-8-14)11-25-19(17)28/h3,5-6,9-11,14,16H,1,4,7-8,12H2,2H3,(H,26,29)(H,27,30)/b9-5+,13-6+. The molecule has 1 aliphatic heterocycles. The van der Waals surface area contributed by atoms with E-state index < -0.39 is 18.4 Å². The molecule has 0 bridgehead atoms. The van der Waals surface area contributed by atoms with Gasteiger partial charge in [-0.1, -0.05) is 25.7 Å². The lowest BCUT2D eigenvalue weighted by Crippen LogP contribution is -2.50. The topological polar surface area (TPSA) is 83.6 Å². The zero-order chi connectivity index (χ0) is 22.6. The van der Waals surface area contributed by atoms with Crippen molar-refractivity contribution in [1.29, 1.82) is 0 Å². The first kappa shape index (κ1) is 22.4. The molecule has 0 aromatic carbocycles. The fourth-order valence-corrected chi connectivity index (χ4v) is 3.24. The molecule has 0 radical (unpaired) electrons. The summed E-state index contributed by atoms with van der Waals surface area (Å²) in [5, 5.41) is 5.54. The van der Waals surface area contributed by atoms with E-state index in [0.717, 1.165) is 24.5 Å². The van der Waals surface area contributed by atoms with Gasteiger partial charge in [0.25, 0.3) is 0 Å². The second kappa shape index (κ2) is 9.23. The number of nitrogens with one attached hydrogen (secondary N) is 2. The molecule has 1 aliphatic carbocycles. The molecule has 0 saturated heterocycles. The van der Waals surface area contributed by atoms with Crippen molar-refractivity contribution >= 4 is 23.4 Å². The van der Waals surface area contributed by atoms with Gasteiger partial charge in [0.15, 0.2) is 5.82 Å². The molecule has 2 heterocycles. The van der Waals surface area contributed by atoms with Crippen molar-refractivity contribution in [2.24, 2.45) is 0 Å². The highest BCUT2D eigenvalue weighted by Gasteiger charge is 2.32. The minimum atomic E-state index is -4.77. The molecule has 10 heteroatoms. The Morgan fingerprint density at radius 1 is 1.48 bits per heavy atom. The van der Waals surface area contributed by atoms with Gasteiger partial charge in [-0.2, -0.15) is 0 Å². The average molecular weight is 436 g/mol. The molecule has 7 nitrogen and oxygen atoms in total. The second-order valence-electron chi connectivity index (χ2n) is 7.22. The third kappa shape index (κ3) is 5.87. The van der Waals surface area contributed by atoms with Crippen molar-refractivity contribution in [3.63, 3.8) is 0 Å². The first-order valence-electron chi connectivity index (χ1n) is 9.83. The molecule has 1 aromatic rings. The van der Waals surface area contributed by atoms with Crippen molar-refractivity contribution in [2.75, 3.05) is 16.8 Å². The molecule has 1 atom stereocenters. The lowest BCUT2D eigenvalue weighted by molar-refractivity contribution is -0.298. The summed E-state index contributed by atoms with van der Waals surface area (Å²) >= 11 is 0. The van der Waals surface area contributed by atoms with Gasteiger partial charge in [-0.25, -0.2) is 9.78 Å². The van der Waals surface area contributed by atoms with Gasteiger partial charge in [-0.3, -0.25) is 9.69 Å². The fourth-order valence-electron chi connectivity index (χ4n) is 3.24. The van der Waals surface area contributed by atoms with Crippen molar-refractivity contribution in [3.8, 4) is 0 Å². The van der Waals surface area contributed by atoms with Crippen LogP contribution < -0.4 is 15.5 Å². The van der Waals surface area contributed by atoms with Crippen LogP contribution in [0.1, 0.15) is 37.7 Å². The number of amides is 3.